The van der Waals surface area contributed by atoms with Gasteiger partial charge in [-0.3, -0.25) is 0 Å². The number of methoxy groups -OCH3 is 1. The van der Waals surface area contributed by atoms with Crippen molar-refractivity contribution in [2.45, 2.75) is 24.2 Å². The highest BCUT2D eigenvalue weighted by atomic mass is 32.2. The van der Waals surface area contributed by atoms with Gasteiger partial charge < -0.3 is 9.64 Å². The standard InChI is InChI=1S/C16H24N2O3S/c1-17-9-6-16(7-10-17)8-11-18(13-16)22(19,20)15-5-3-4-14(12-15)21-2/h3-5,12H,6-11,13H2,1-2H3. The molecule has 0 saturated carbocycles. The Bertz CT molecular complexity index is 637. The number of piperidine rings is 1. The van der Waals surface area contributed by atoms with E-state index in [4.69, 9.17) is 4.74 Å². The third-order valence-electron chi connectivity index (χ3n) is 5.13. The van der Waals surface area contributed by atoms with Gasteiger partial charge >= 0.3 is 0 Å². The summed E-state index contributed by atoms with van der Waals surface area (Å²) < 4.78 is 32.5. The van der Waals surface area contributed by atoms with E-state index in [0.717, 1.165) is 32.4 Å². The molecule has 1 aromatic rings. The molecule has 2 heterocycles. The molecule has 0 bridgehead atoms. The third-order valence-corrected chi connectivity index (χ3v) is 6.97. The maximum absolute atomic E-state index is 12.9. The Kier molecular flexibility index (Phi) is 4.18. The smallest absolute Gasteiger partial charge is 0.243 e. The summed E-state index contributed by atoms with van der Waals surface area (Å²) in [4.78, 5) is 2.65. The molecule has 6 heteroatoms. The Balaban J connectivity index is 1.79. The Hall–Kier alpha value is -1.11. The van der Waals surface area contributed by atoms with E-state index in [1.165, 1.54) is 0 Å². The molecule has 1 spiro atoms. The van der Waals surface area contributed by atoms with E-state index in [1.807, 2.05) is 0 Å². The van der Waals surface area contributed by atoms with Crippen molar-refractivity contribution in [1.29, 1.82) is 0 Å². The first-order chi connectivity index (χ1) is 10.5. The summed E-state index contributed by atoms with van der Waals surface area (Å²) in [5.41, 5.74) is 0.179. The van der Waals surface area contributed by atoms with Crippen LogP contribution in [0, 0.1) is 5.41 Å². The fourth-order valence-electron chi connectivity index (χ4n) is 3.51. The van der Waals surface area contributed by atoms with E-state index in [0.29, 0.717) is 23.7 Å². The van der Waals surface area contributed by atoms with Crippen molar-refractivity contribution in [2.75, 3.05) is 40.3 Å². The highest BCUT2D eigenvalue weighted by molar-refractivity contribution is 7.89. The van der Waals surface area contributed by atoms with Gasteiger partial charge in [-0.15, -0.1) is 0 Å². The van der Waals surface area contributed by atoms with Gasteiger partial charge in [-0.1, -0.05) is 6.07 Å². The van der Waals surface area contributed by atoms with Crippen molar-refractivity contribution in [1.82, 2.24) is 9.21 Å². The predicted molar refractivity (Wildman–Crippen MR) is 85.5 cm³/mol. The van der Waals surface area contributed by atoms with Crippen LogP contribution in [0.1, 0.15) is 19.3 Å². The molecule has 1 aromatic carbocycles. The minimum absolute atomic E-state index is 0.179. The van der Waals surface area contributed by atoms with Gasteiger partial charge in [-0.25, -0.2) is 8.42 Å². The quantitative estimate of drug-likeness (QED) is 0.851. The summed E-state index contributed by atoms with van der Waals surface area (Å²) in [6.07, 6.45) is 3.16. The average Bonchev–Trinajstić information content (AvgIpc) is 2.95. The second-order valence-corrected chi connectivity index (χ2v) is 8.51. The first-order valence-corrected chi connectivity index (χ1v) is 9.22. The van der Waals surface area contributed by atoms with E-state index in [2.05, 4.69) is 11.9 Å². The van der Waals surface area contributed by atoms with Gasteiger partial charge in [0.2, 0.25) is 10.0 Å². The largest absolute Gasteiger partial charge is 0.497 e. The first-order valence-electron chi connectivity index (χ1n) is 7.78. The van der Waals surface area contributed by atoms with Gasteiger partial charge in [0, 0.05) is 19.2 Å². The zero-order chi connectivity index (χ0) is 15.8. The summed E-state index contributed by atoms with van der Waals surface area (Å²) in [6, 6.07) is 6.75. The molecule has 22 heavy (non-hydrogen) atoms. The van der Waals surface area contributed by atoms with E-state index < -0.39 is 10.0 Å². The fourth-order valence-corrected chi connectivity index (χ4v) is 5.10. The number of nitrogens with zero attached hydrogens (tertiary/aromatic N) is 2. The lowest BCUT2D eigenvalue weighted by Gasteiger charge is -2.37. The SMILES string of the molecule is COc1cccc(S(=O)(=O)N2CCC3(CCN(C)CC3)C2)c1. The van der Waals surface area contributed by atoms with Crippen LogP contribution in [0.5, 0.6) is 5.75 Å². The number of rotatable bonds is 3. The van der Waals surface area contributed by atoms with Gasteiger partial charge in [-0.2, -0.15) is 4.31 Å². The van der Waals surface area contributed by atoms with Gasteiger partial charge in [0.05, 0.1) is 12.0 Å². The Morgan fingerprint density at radius 3 is 2.50 bits per heavy atom. The van der Waals surface area contributed by atoms with Gasteiger partial charge in [0.1, 0.15) is 5.75 Å². The van der Waals surface area contributed by atoms with Crippen LogP contribution in [-0.2, 0) is 10.0 Å². The molecule has 0 N–H and O–H groups in total. The molecule has 122 valence electrons. The molecule has 0 atom stereocenters. The number of sulfonamides is 1. The summed E-state index contributed by atoms with van der Waals surface area (Å²) in [6.45, 7) is 3.41. The van der Waals surface area contributed by atoms with Crippen molar-refractivity contribution in [3.63, 3.8) is 0 Å². The van der Waals surface area contributed by atoms with E-state index in [-0.39, 0.29) is 5.41 Å². The lowest BCUT2D eigenvalue weighted by Crippen LogP contribution is -2.40. The summed E-state index contributed by atoms with van der Waals surface area (Å²) >= 11 is 0. The van der Waals surface area contributed by atoms with E-state index in [9.17, 15) is 8.42 Å². The topological polar surface area (TPSA) is 49.9 Å². The van der Waals surface area contributed by atoms with Crippen LogP contribution in [0.3, 0.4) is 0 Å². The lowest BCUT2D eigenvalue weighted by molar-refractivity contribution is 0.134. The summed E-state index contributed by atoms with van der Waals surface area (Å²) in [5.74, 6) is 0.578. The zero-order valence-electron chi connectivity index (χ0n) is 13.3. The van der Waals surface area contributed by atoms with Crippen molar-refractivity contribution in [3.8, 4) is 5.75 Å². The minimum atomic E-state index is -3.42. The molecule has 2 saturated heterocycles. The predicted octanol–water partition coefficient (Wildman–Crippen LogP) is 1.80. The van der Waals surface area contributed by atoms with Crippen LogP contribution in [0.15, 0.2) is 29.2 Å². The lowest BCUT2D eigenvalue weighted by atomic mass is 9.78. The van der Waals surface area contributed by atoms with Gasteiger partial charge in [-0.05, 0) is 56.9 Å². The summed E-state index contributed by atoms with van der Waals surface area (Å²) in [5, 5.41) is 0. The number of likely N-dealkylation sites (tertiary alicyclic amines) is 1. The monoisotopic (exact) mass is 324 g/mol. The molecule has 0 aliphatic carbocycles. The van der Waals surface area contributed by atoms with Crippen LogP contribution >= 0.6 is 0 Å². The number of hydrogen-bond donors (Lipinski definition) is 0. The van der Waals surface area contributed by atoms with E-state index in [1.54, 1.807) is 35.7 Å². The molecule has 2 fully saturated rings. The highest BCUT2D eigenvalue weighted by Crippen LogP contribution is 2.42. The van der Waals surface area contributed by atoms with E-state index >= 15 is 0 Å². The zero-order valence-corrected chi connectivity index (χ0v) is 14.1. The first kappa shape index (κ1) is 15.8. The number of ether oxygens (including phenoxy) is 1. The van der Waals surface area contributed by atoms with Crippen LogP contribution in [0.25, 0.3) is 0 Å². The normalized spacial score (nSPS) is 23.0. The molecule has 3 rings (SSSR count). The molecule has 0 amide bonds. The molecule has 2 aliphatic rings. The molecule has 0 aromatic heterocycles. The van der Waals surface area contributed by atoms with Crippen molar-refractivity contribution in [3.05, 3.63) is 24.3 Å². The Morgan fingerprint density at radius 2 is 1.82 bits per heavy atom. The van der Waals surface area contributed by atoms with Crippen LogP contribution < -0.4 is 4.74 Å². The van der Waals surface area contributed by atoms with Gasteiger partial charge in [0.25, 0.3) is 0 Å². The summed E-state index contributed by atoms with van der Waals surface area (Å²) in [7, 11) is 0.262. The highest BCUT2D eigenvalue weighted by Gasteiger charge is 2.44. The molecule has 5 nitrogen and oxygen atoms in total. The van der Waals surface area contributed by atoms with Crippen molar-refractivity contribution in [2.24, 2.45) is 5.41 Å². The third kappa shape index (κ3) is 2.87. The fraction of sp³-hybridized carbons (Fsp3) is 0.625. The van der Waals surface area contributed by atoms with Crippen LogP contribution in [-0.4, -0.2) is 58.0 Å². The second-order valence-electron chi connectivity index (χ2n) is 6.57. The minimum Gasteiger partial charge on any atom is -0.497 e. The van der Waals surface area contributed by atoms with Crippen LogP contribution in [0.4, 0.5) is 0 Å². The Labute approximate surface area is 132 Å². The average molecular weight is 324 g/mol. The number of hydrogen-bond acceptors (Lipinski definition) is 4. The second kappa shape index (κ2) is 5.83. The van der Waals surface area contributed by atoms with Crippen LogP contribution in [0.2, 0.25) is 0 Å². The molecular formula is C16H24N2O3S. The number of benzene rings is 1. The molecule has 2 aliphatic heterocycles. The molecule has 0 radical (unpaired) electrons. The molecule has 0 unspecified atom stereocenters. The maximum Gasteiger partial charge on any atom is 0.243 e. The maximum atomic E-state index is 12.9. The Morgan fingerprint density at radius 1 is 1.14 bits per heavy atom. The van der Waals surface area contributed by atoms with Gasteiger partial charge in [0.15, 0.2) is 0 Å². The van der Waals surface area contributed by atoms with Crippen molar-refractivity contribution < 1.29 is 13.2 Å². The molecular weight excluding hydrogens is 300 g/mol. The van der Waals surface area contributed by atoms with Crippen molar-refractivity contribution >= 4 is 10.0 Å².